The van der Waals surface area contributed by atoms with Crippen LogP contribution in [0.5, 0.6) is 5.75 Å². The molecule has 2 aromatic heterocycles. The van der Waals surface area contributed by atoms with Gasteiger partial charge in [0.2, 0.25) is 15.9 Å². The van der Waals surface area contributed by atoms with Gasteiger partial charge in [-0.15, -0.1) is 0 Å². The van der Waals surface area contributed by atoms with E-state index in [1.165, 1.54) is 15.6 Å². The van der Waals surface area contributed by atoms with Crippen LogP contribution in [-0.4, -0.2) is 48.3 Å². The first-order chi connectivity index (χ1) is 17.4. The van der Waals surface area contributed by atoms with Gasteiger partial charge in [0, 0.05) is 18.9 Å². The molecule has 186 valence electrons. The van der Waals surface area contributed by atoms with Crippen molar-refractivity contribution in [2.24, 2.45) is 0 Å². The van der Waals surface area contributed by atoms with E-state index in [0.29, 0.717) is 35.8 Å². The number of carbonyl (C=O) groups excluding carboxylic acids is 1. The number of amides is 1. The topological polar surface area (TPSA) is 92.7 Å². The van der Waals surface area contributed by atoms with Crippen molar-refractivity contribution >= 4 is 42.6 Å². The lowest BCUT2D eigenvalue weighted by Crippen LogP contribution is -2.47. The monoisotopic (exact) mass is 522 g/mol. The van der Waals surface area contributed by atoms with Gasteiger partial charge in [-0.3, -0.25) is 14.7 Å². The highest BCUT2D eigenvalue weighted by atomic mass is 32.2. The van der Waals surface area contributed by atoms with E-state index in [1.54, 1.807) is 48.7 Å². The van der Waals surface area contributed by atoms with Gasteiger partial charge >= 0.3 is 0 Å². The quantitative estimate of drug-likeness (QED) is 0.357. The Bertz CT molecular complexity index is 1490. The van der Waals surface area contributed by atoms with Gasteiger partial charge in [-0.25, -0.2) is 13.4 Å². The van der Waals surface area contributed by atoms with E-state index >= 15 is 0 Å². The van der Waals surface area contributed by atoms with Crippen LogP contribution < -0.4 is 9.64 Å². The second kappa shape index (κ2) is 9.96. The molecule has 0 N–H and O–H groups in total. The number of pyridine rings is 1. The lowest BCUT2D eigenvalue weighted by molar-refractivity contribution is -0.121. The van der Waals surface area contributed by atoms with Crippen LogP contribution in [0.4, 0.5) is 5.13 Å². The van der Waals surface area contributed by atoms with Crippen LogP contribution in [0.15, 0.2) is 71.9 Å². The Morgan fingerprint density at radius 2 is 1.97 bits per heavy atom. The molecule has 0 bridgehead atoms. The maximum atomic E-state index is 14.1. The molecule has 1 amide bonds. The van der Waals surface area contributed by atoms with Crippen molar-refractivity contribution in [2.75, 3.05) is 18.6 Å². The van der Waals surface area contributed by atoms with Gasteiger partial charge in [0.05, 0.1) is 23.2 Å². The van der Waals surface area contributed by atoms with Gasteiger partial charge in [0.25, 0.3) is 0 Å². The number of hydrogen-bond donors (Lipinski definition) is 0. The third-order valence-electron chi connectivity index (χ3n) is 6.27. The maximum Gasteiger partial charge on any atom is 0.247 e. The number of anilines is 1. The number of ether oxygens (including phenoxy) is 1. The molecule has 3 heterocycles. The summed E-state index contributed by atoms with van der Waals surface area (Å²) >= 11 is 1.37. The van der Waals surface area contributed by atoms with Crippen molar-refractivity contribution in [2.45, 2.75) is 37.2 Å². The number of aromatic nitrogens is 2. The second-order valence-corrected chi connectivity index (χ2v) is 11.6. The average molecular weight is 523 g/mol. The van der Waals surface area contributed by atoms with Crippen molar-refractivity contribution in [3.05, 3.63) is 78.1 Å². The smallest absolute Gasteiger partial charge is 0.247 e. The van der Waals surface area contributed by atoms with Crippen LogP contribution in [0.25, 0.3) is 10.2 Å². The number of carbonyl (C=O) groups is 1. The largest absolute Gasteiger partial charge is 0.494 e. The predicted octanol–water partition coefficient (Wildman–Crippen LogP) is 4.39. The van der Waals surface area contributed by atoms with Gasteiger partial charge < -0.3 is 4.74 Å². The summed E-state index contributed by atoms with van der Waals surface area (Å²) in [6, 6.07) is 15.2. The zero-order valence-corrected chi connectivity index (χ0v) is 21.6. The molecule has 0 spiro atoms. The standard InChI is InChI=1S/C26H26N4O4S2/c1-18-10-12-20(13-11-18)36(32,33)30-15-5-7-21(30)25(31)29(17-19-6-4-14-27-16-19)26-28-24-22(34-2)8-3-9-23(24)35-26/h3-4,6,8-14,16,21H,5,7,15,17H2,1-2H3. The van der Waals surface area contributed by atoms with E-state index in [1.807, 2.05) is 37.3 Å². The lowest BCUT2D eigenvalue weighted by Gasteiger charge is -2.28. The first-order valence-corrected chi connectivity index (χ1v) is 13.9. The van der Waals surface area contributed by atoms with E-state index in [-0.39, 0.29) is 17.3 Å². The molecule has 1 aliphatic heterocycles. The minimum atomic E-state index is -3.84. The number of benzene rings is 2. The van der Waals surface area contributed by atoms with Crippen LogP contribution in [0.2, 0.25) is 0 Å². The van der Waals surface area contributed by atoms with E-state index in [2.05, 4.69) is 4.98 Å². The molecule has 2 aromatic carbocycles. The maximum absolute atomic E-state index is 14.1. The Balaban J connectivity index is 1.53. The number of sulfonamides is 1. The molecule has 36 heavy (non-hydrogen) atoms. The zero-order valence-electron chi connectivity index (χ0n) is 20.0. The number of rotatable bonds is 7. The van der Waals surface area contributed by atoms with Crippen molar-refractivity contribution in [1.29, 1.82) is 0 Å². The molecule has 1 aliphatic rings. The van der Waals surface area contributed by atoms with Crippen LogP contribution in [0, 0.1) is 6.92 Å². The molecule has 0 saturated carbocycles. The van der Waals surface area contributed by atoms with Gasteiger partial charge in [0.15, 0.2) is 5.13 Å². The van der Waals surface area contributed by atoms with Crippen molar-refractivity contribution < 1.29 is 17.9 Å². The zero-order chi connectivity index (χ0) is 25.3. The first kappa shape index (κ1) is 24.4. The van der Waals surface area contributed by atoms with Crippen molar-refractivity contribution in [1.82, 2.24) is 14.3 Å². The molecule has 1 unspecified atom stereocenters. The fourth-order valence-electron chi connectivity index (χ4n) is 4.41. The molecule has 1 atom stereocenters. The number of methoxy groups -OCH3 is 1. The van der Waals surface area contributed by atoms with Gasteiger partial charge in [-0.1, -0.05) is 41.2 Å². The molecule has 5 rings (SSSR count). The van der Waals surface area contributed by atoms with Crippen LogP contribution in [0.1, 0.15) is 24.0 Å². The molecule has 0 aliphatic carbocycles. The number of nitrogens with zero attached hydrogens (tertiary/aromatic N) is 4. The highest BCUT2D eigenvalue weighted by Crippen LogP contribution is 2.36. The second-order valence-electron chi connectivity index (χ2n) is 8.68. The van der Waals surface area contributed by atoms with Crippen LogP contribution in [-0.2, 0) is 21.4 Å². The van der Waals surface area contributed by atoms with Crippen molar-refractivity contribution in [3.63, 3.8) is 0 Å². The summed E-state index contributed by atoms with van der Waals surface area (Å²) in [5, 5.41) is 0.489. The first-order valence-electron chi connectivity index (χ1n) is 11.6. The van der Waals surface area contributed by atoms with Crippen LogP contribution in [0.3, 0.4) is 0 Å². The molecule has 8 nitrogen and oxygen atoms in total. The summed E-state index contributed by atoms with van der Waals surface area (Å²) in [6.45, 7) is 2.42. The predicted molar refractivity (Wildman–Crippen MR) is 140 cm³/mol. The third-order valence-corrected chi connectivity index (χ3v) is 9.23. The Morgan fingerprint density at radius 3 is 2.69 bits per heavy atom. The Hall–Kier alpha value is -3.34. The van der Waals surface area contributed by atoms with E-state index in [9.17, 15) is 13.2 Å². The number of hydrogen-bond acceptors (Lipinski definition) is 7. The fourth-order valence-corrected chi connectivity index (χ4v) is 7.04. The Kier molecular flexibility index (Phi) is 6.74. The minimum Gasteiger partial charge on any atom is -0.494 e. The Morgan fingerprint density at radius 1 is 1.17 bits per heavy atom. The normalized spacial score (nSPS) is 16.3. The number of para-hydroxylation sites is 1. The summed E-state index contributed by atoms with van der Waals surface area (Å²) in [6.07, 6.45) is 4.42. The SMILES string of the molecule is COc1cccc2sc(N(Cc3cccnc3)C(=O)C3CCCN3S(=O)(=O)c3ccc(C)cc3)nc12. The molecular weight excluding hydrogens is 496 g/mol. The molecule has 1 fully saturated rings. The minimum absolute atomic E-state index is 0.191. The average Bonchev–Trinajstić information content (AvgIpc) is 3.55. The van der Waals surface area contributed by atoms with Crippen LogP contribution >= 0.6 is 11.3 Å². The summed E-state index contributed by atoms with van der Waals surface area (Å²) in [5.74, 6) is 0.318. The molecule has 4 aromatic rings. The summed E-state index contributed by atoms with van der Waals surface area (Å²) in [4.78, 5) is 24.7. The van der Waals surface area contributed by atoms with E-state index in [4.69, 9.17) is 9.72 Å². The lowest BCUT2D eigenvalue weighted by atomic mass is 10.2. The molecule has 1 saturated heterocycles. The highest BCUT2D eigenvalue weighted by molar-refractivity contribution is 7.89. The van der Waals surface area contributed by atoms with E-state index < -0.39 is 16.1 Å². The fraction of sp³-hybridized carbons (Fsp3) is 0.269. The highest BCUT2D eigenvalue weighted by Gasteiger charge is 2.42. The van der Waals surface area contributed by atoms with Gasteiger partial charge in [-0.2, -0.15) is 4.31 Å². The number of aryl methyl sites for hydroxylation is 1. The number of fused-ring (bicyclic) bond motifs is 1. The van der Waals surface area contributed by atoms with Gasteiger partial charge in [0.1, 0.15) is 17.3 Å². The van der Waals surface area contributed by atoms with Crippen molar-refractivity contribution in [3.8, 4) is 5.75 Å². The molecule has 0 radical (unpaired) electrons. The third kappa shape index (κ3) is 4.59. The molecular formula is C26H26N4O4S2. The van der Waals surface area contributed by atoms with Gasteiger partial charge in [-0.05, 0) is 55.7 Å². The summed E-state index contributed by atoms with van der Waals surface area (Å²) < 4.78 is 34.7. The molecule has 10 heteroatoms. The number of thiazole rings is 1. The summed E-state index contributed by atoms with van der Waals surface area (Å²) in [5.41, 5.74) is 2.46. The summed E-state index contributed by atoms with van der Waals surface area (Å²) in [7, 11) is -2.25. The van der Waals surface area contributed by atoms with E-state index in [0.717, 1.165) is 15.8 Å². The Labute approximate surface area is 214 Å².